The molecule has 3 rings (SSSR count). The topological polar surface area (TPSA) is 72.7 Å². The third kappa shape index (κ3) is 4.14. The van der Waals surface area contributed by atoms with Gasteiger partial charge in [-0.25, -0.2) is 9.67 Å². The summed E-state index contributed by atoms with van der Waals surface area (Å²) in [5.74, 6) is 0.512. The Morgan fingerprint density at radius 2 is 1.86 bits per heavy atom. The lowest BCUT2D eigenvalue weighted by Crippen LogP contribution is -2.27. The van der Waals surface area contributed by atoms with Gasteiger partial charge in [-0.05, 0) is 39.8 Å². The quantitative estimate of drug-likeness (QED) is 0.674. The molecule has 0 radical (unpaired) electrons. The number of aryl methyl sites for hydroxylation is 1. The van der Waals surface area contributed by atoms with Crippen molar-refractivity contribution in [3.63, 3.8) is 0 Å². The van der Waals surface area contributed by atoms with Gasteiger partial charge in [-0.15, -0.1) is 11.3 Å². The fourth-order valence-electron chi connectivity index (χ4n) is 2.73. The fourth-order valence-corrected chi connectivity index (χ4v) is 3.67. The lowest BCUT2D eigenvalue weighted by Gasteiger charge is -2.23. The zero-order valence-electron chi connectivity index (χ0n) is 17.5. The van der Waals surface area contributed by atoms with Crippen LogP contribution in [0.25, 0.3) is 10.7 Å². The van der Waals surface area contributed by atoms with E-state index in [4.69, 9.17) is 5.10 Å². The van der Waals surface area contributed by atoms with Crippen LogP contribution in [0.15, 0.2) is 30.5 Å². The summed E-state index contributed by atoms with van der Waals surface area (Å²) < 4.78 is 1.88. The van der Waals surface area contributed by atoms with E-state index >= 15 is 0 Å². The number of pyridine rings is 1. The molecule has 7 heteroatoms. The minimum atomic E-state index is -0.256. The van der Waals surface area contributed by atoms with Crippen LogP contribution in [0.1, 0.15) is 62.6 Å². The van der Waals surface area contributed by atoms with Crippen LogP contribution in [0.3, 0.4) is 0 Å². The van der Waals surface area contributed by atoms with Gasteiger partial charge in [-0.3, -0.25) is 9.78 Å². The highest BCUT2D eigenvalue weighted by Crippen LogP contribution is 2.30. The van der Waals surface area contributed by atoms with E-state index in [0.29, 0.717) is 16.4 Å². The molecule has 0 unspecified atom stereocenters. The first-order chi connectivity index (χ1) is 13.0. The molecular formula is C21H27N5OS. The SMILES string of the molecule is Cc1nc(-c2ccccn2)sc1C(=O)Nc1cc(C(C)(C)C)nn1C(C)(C)C. The summed E-state index contributed by atoms with van der Waals surface area (Å²) in [6.07, 6.45) is 1.72. The third-order valence-electron chi connectivity index (χ3n) is 4.24. The Morgan fingerprint density at radius 3 is 2.43 bits per heavy atom. The number of thiazole rings is 1. The monoisotopic (exact) mass is 397 g/mol. The van der Waals surface area contributed by atoms with Crippen molar-refractivity contribution < 1.29 is 4.79 Å². The van der Waals surface area contributed by atoms with E-state index in [-0.39, 0.29) is 16.9 Å². The molecule has 0 aliphatic rings. The molecule has 1 N–H and O–H groups in total. The number of anilines is 1. The number of nitrogens with zero attached hydrogens (tertiary/aromatic N) is 4. The lowest BCUT2D eigenvalue weighted by molar-refractivity contribution is 0.102. The predicted octanol–water partition coefficient (Wildman–Crippen LogP) is 5.01. The van der Waals surface area contributed by atoms with Crippen LogP contribution >= 0.6 is 11.3 Å². The first-order valence-electron chi connectivity index (χ1n) is 9.28. The molecule has 1 amide bonds. The standard InChI is InChI=1S/C21H27N5OS/c1-13-17(28-19(23-13)14-10-8-9-11-22-14)18(27)24-16-12-15(20(2,3)4)25-26(16)21(5,6)7/h8-12H,1-7H3,(H,24,27). The summed E-state index contributed by atoms with van der Waals surface area (Å²) in [7, 11) is 0. The highest BCUT2D eigenvalue weighted by atomic mass is 32.1. The van der Waals surface area contributed by atoms with Crippen molar-refractivity contribution in [2.45, 2.75) is 59.4 Å². The molecule has 0 saturated heterocycles. The van der Waals surface area contributed by atoms with Gasteiger partial charge in [0.15, 0.2) is 0 Å². The highest BCUT2D eigenvalue weighted by Gasteiger charge is 2.27. The van der Waals surface area contributed by atoms with E-state index in [1.54, 1.807) is 6.20 Å². The van der Waals surface area contributed by atoms with Gasteiger partial charge < -0.3 is 5.32 Å². The van der Waals surface area contributed by atoms with Crippen LogP contribution in [0.2, 0.25) is 0 Å². The third-order valence-corrected chi connectivity index (χ3v) is 5.42. The molecule has 0 fully saturated rings. The van der Waals surface area contributed by atoms with Gasteiger partial charge >= 0.3 is 0 Å². The predicted molar refractivity (Wildman–Crippen MR) is 114 cm³/mol. The molecular weight excluding hydrogens is 370 g/mol. The molecule has 0 aliphatic heterocycles. The van der Waals surface area contributed by atoms with Crippen LogP contribution < -0.4 is 5.32 Å². The summed E-state index contributed by atoms with van der Waals surface area (Å²) in [6.45, 7) is 14.4. The summed E-state index contributed by atoms with van der Waals surface area (Å²) in [5.41, 5.74) is 2.04. The maximum Gasteiger partial charge on any atom is 0.268 e. The van der Waals surface area contributed by atoms with Crippen LogP contribution in [0, 0.1) is 6.92 Å². The fraction of sp³-hybridized carbons (Fsp3) is 0.429. The molecule has 0 bridgehead atoms. The van der Waals surface area contributed by atoms with Crippen LogP contribution in [-0.2, 0) is 11.0 Å². The van der Waals surface area contributed by atoms with E-state index in [0.717, 1.165) is 16.4 Å². The highest BCUT2D eigenvalue weighted by molar-refractivity contribution is 7.17. The number of hydrogen-bond donors (Lipinski definition) is 1. The van der Waals surface area contributed by atoms with Gasteiger partial charge in [0, 0.05) is 17.7 Å². The Hall–Kier alpha value is -2.54. The first kappa shape index (κ1) is 20.2. The largest absolute Gasteiger partial charge is 0.306 e. The lowest BCUT2D eigenvalue weighted by atomic mass is 9.92. The van der Waals surface area contributed by atoms with Crippen molar-refractivity contribution in [3.8, 4) is 10.7 Å². The number of rotatable bonds is 3. The first-order valence-corrected chi connectivity index (χ1v) is 10.1. The van der Waals surface area contributed by atoms with E-state index in [1.807, 2.05) is 35.9 Å². The minimum absolute atomic E-state index is 0.109. The number of hydrogen-bond acceptors (Lipinski definition) is 5. The molecule has 0 spiro atoms. The summed E-state index contributed by atoms with van der Waals surface area (Å²) in [4.78, 5) is 22.5. The number of aromatic nitrogens is 4. The van der Waals surface area contributed by atoms with Gasteiger partial charge in [0.2, 0.25) is 0 Å². The van der Waals surface area contributed by atoms with Crippen LogP contribution in [0.4, 0.5) is 5.82 Å². The molecule has 0 aromatic carbocycles. The van der Waals surface area contributed by atoms with Crippen molar-refractivity contribution in [1.29, 1.82) is 0 Å². The average Bonchev–Trinajstić information content (AvgIpc) is 3.19. The average molecular weight is 398 g/mol. The van der Waals surface area contributed by atoms with E-state index in [2.05, 4.69) is 56.8 Å². The van der Waals surface area contributed by atoms with Gasteiger partial charge in [0.05, 0.1) is 22.6 Å². The second kappa shape index (κ2) is 7.13. The Labute approximate surface area is 170 Å². The van der Waals surface area contributed by atoms with Gasteiger partial charge in [0.1, 0.15) is 15.7 Å². The molecule has 28 heavy (non-hydrogen) atoms. The maximum atomic E-state index is 13.0. The van der Waals surface area contributed by atoms with Crippen LogP contribution in [0.5, 0.6) is 0 Å². The molecule has 148 valence electrons. The number of nitrogens with one attached hydrogen (secondary N) is 1. The number of carbonyl (C=O) groups excluding carboxylic acids is 1. The van der Waals surface area contributed by atoms with Crippen molar-refractivity contribution in [3.05, 3.63) is 46.7 Å². The number of amides is 1. The molecule has 3 aromatic heterocycles. The zero-order valence-corrected chi connectivity index (χ0v) is 18.3. The molecule has 3 aromatic rings. The van der Waals surface area contributed by atoms with Crippen molar-refractivity contribution in [2.24, 2.45) is 0 Å². The van der Waals surface area contributed by atoms with Crippen molar-refractivity contribution in [2.75, 3.05) is 5.32 Å². The zero-order chi connectivity index (χ0) is 20.7. The smallest absolute Gasteiger partial charge is 0.268 e. The number of carbonyl (C=O) groups is 1. The Kier molecular flexibility index (Phi) is 5.14. The summed E-state index contributed by atoms with van der Waals surface area (Å²) >= 11 is 1.35. The van der Waals surface area contributed by atoms with Gasteiger partial charge in [-0.2, -0.15) is 5.10 Å². The molecule has 3 heterocycles. The van der Waals surface area contributed by atoms with Crippen molar-refractivity contribution in [1.82, 2.24) is 19.7 Å². The van der Waals surface area contributed by atoms with Crippen LogP contribution in [-0.4, -0.2) is 25.7 Å². The molecule has 0 saturated carbocycles. The van der Waals surface area contributed by atoms with E-state index < -0.39 is 0 Å². The van der Waals surface area contributed by atoms with Gasteiger partial charge in [-0.1, -0.05) is 26.8 Å². The van der Waals surface area contributed by atoms with Crippen molar-refractivity contribution >= 4 is 23.1 Å². The second-order valence-electron chi connectivity index (χ2n) is 8.85. The van der Waals surface area contributed by atoms with E-state index in [9.17, 15) is 4.79 Å². The van der Waals surface area contributed by atoms with Gasteiger partial charge in [0.25, 0.3) is 5.91 Å². The molecule has 0 atom stereocenters. The maximum absolute atomic E-state index is 13.0. The minimum Gasteiger partial charge on any atom is -0.306 e. The molecule has 6 nitrogen and oxygen atoms in total. The Bertz CT molecular complexity index is 990. The Morgan fingerprint density at radius 1 is 1.14 bits per heavy atom. The molecule has 0 aliphatic carbocycles. The van der Waals surface area contributed by atoms with E-state index in [1.165, 1.54) is 11.3 Å². The Balaban J connectivity index is 1.94. The normalized spacial score (nSPS) is 12.2. The summed E-state index contributed by atoms with van der Waals surface area (Å²) in [6, 6.07) is 7.62. The second-order valence-corrected chi connectivity index (χ2v) is 9.85. The summed E-state index contributed by atoms with van der Waals surface area (Å²) in [5, 5.41) is 8.54.